The molecule has 0 aliphatic heterocycles. The second-order valence-electron chi connectivity index (χ2n) is 4.01. The number of hydrogen-bond donors (Lipinski definition) is 1. The van der Waals surface area contributed by atoms with Crippen LogP contribution < -0.4 is 4.72 Å². The Morgan fingerprint density at radius 3 is 2.74 bits per heavy atom. The van der Waals surface area contributed by atoms with Crippen molar-refractivity contribution in [2.45, 2.75) is 10.8 Å². The Labute approximate surface area is 114 Å². The van der Waals surface area contributed by atoms with E-state index >= 15 is 0 Å². The molecule has 3 aromatic rings. The maximum absolute atomic E-state index is 11.9. The average Bonchev–Trinajstić information content (AvgIpc) is 3.05. The summed E-state index contributed by atoms with van der Waals surface area (Å²) in [5.74, 6) is 0.598. The van der Waals surface area contributed by atoms with Crippen LogP contribution in [0.3, 0.4) is 0 Å². The van der Waals surface area contributed by atoms with Gasteiger partial charge in [-0.25, -0.2) is 13.1 Å². The molecular weight excluding hydrogens is 282 g/mol. The van der Waals surface area contributed by atoms with Gasteiger partial charge in [0.05, 0.1) is 6.54 Å². The molecule has 0 bridgehead atoms. The monoisotopic (exact) mass is 293 g/mol. The number of para-hydroxylation sites is 1. The van der Waals surface area contributed by atoms with Gasteiger partial charge in [0.2, 0.25) is 10.0 Å². The number of rotatable bonds is 4. The Balaban J connectivity index is 1.79. The Morgan fingerprint density at radius 2 is 2.00 bits per heavy atom. The van der Waals surface area contributed by atoms with Crippen LogP contribution in [0.2, 0.25) is 0 Å². The number of hydrogen-bond acceptors (Lipinski definition) is 4. The fourth-order valence-corrected chi connectivity index (χ4v) is 3.81. The van der Waals surface area contributed by atoms with Gasteiger partial charge in [-0.2, -0.15) is 0 Å². The van der Waals surface area contributed by atoms with E-state index in [9.17, 15) is 8.42 Å². The molecule has 0 saturated carbocycles. The number of furan rings is 1. The molecule has 0 saturated heterocycles. The lowest BCUT2D eigenvalue weighted by atomic mass is 10.2. The third-order valence-electron chi connectivity index (χ3n) is 2.67. The average molecular weight is 293 g/mol. The van der Waals surface area contributed by atoms with E-state index in [1.54, 1.807) is 17.5 Å². The first-order chi connectivity index (χ1) is 9.15. The van der Waals surface area contributed by atoms with E-state index in [2.05, 4.69) is 4.72 Å². The van der Waals surface area contributed by atoms with Crippen molar-refractivity contribution in [2.75, 3.05) is 0 Å². The summed E-state index contributed by atoms with van der Waals surface area (Å²) < 4.78 is 32.3. The molecule has 0 aliphatic carbocycles. The standard InChI is InChI=1S/C13H11NO3S2/c15-19(16,13-6-3-7-18-13)14-9-11-8-10-4-1-2-5-12(10)17-11/h1-8,14H,9H2. The molecule has 19 heavy (non-hydrogen) atoms. The summed E-state index contributed by atoms with van der Waals surface area (Å²) in [7, 11) is -3.44. The zero-order chi connectivity index (χ0) is 13.3. The molecule has 0 unspecified atom stereocenters. The zero-order valence-electron chi connectivity index (χ0n) is 9.87. The van der Waals surface area contributed by atoms with Crippen LogP contribution in [0.5, 0.6) is 0 Å². The van der Waals surface area contributed by atoms with Gasteiger partial charge in [0.15, 0.2) is 0 Å². The highest BCUT2D eigenvalue weighted by atomic mass is 32.2. The van der Waals surface area contributed by atoms with Gasteiger partial charge >= 0.3 is 0 Å². The molecule has 1 aromatic carbocycles. The largest absolute Gasteiger partial charge is 0.460 e. The smallest absolute Gasteiger partial charge is 0.250 e. The third kappa shape index (κ3) is 2.56. The van der Waals surface area contributed by atoms with E-state index in [1.165, 1.54) is 11.3 Å². The highest BCUT2D eigenvalue weighted by Crippen LogP contribution is 2.20. The lowest BCUT2D eigenvalue weighted by Gasteiger charge is -2.01. The molecule has 98 valence electrons. The Morgan fingerprint density at radius 1 is 1.16 bits per heavy atom. The number of sulfonamides is 1. The number of thiophene rings is 1. The Bertz CT molecular complexity index is 755. The highest BCUT2D eigenvalue weighted by molar-refractivity contribution is 7.91. The summed E-state index contributed by atoms with van der Waals surface area (Å²) in [5, 5.41) is 2.70. The van der Waals surface area contributed by atoms with Crippen LogP contribution in [-0.2, 0) is 16.6 Å². The summed E-state index contributed by atoms with van der Waals surface area (Å²) in [4.78, 5) is 0. The molecule has 4 nitrogen and oxygen atoms in total. The zero-order valence-corrected chi connectivity index (χ0v) is 11.5. The number of fused-ring (bicyclic) bond motifs is 1. The van der Waals surface area contributed by atoms with Gasteiger partial charge in [0.25, 0.3) is 0 Å². The maximum atomic E-state index is 11.9. The third-order valence-corrected chi connectivity index (χ3v) is 5.47. The van der Waals surface area contributed by atoms with Crippen LogP contribution in [-0.4, -0.2) is 8.42 Å². The topological polar surface area (TPSA) is 59.3 Å². The first-order valence-corrected chi connectivity index (χ1v) is 8.02. The van der Waals surface area contributed by atoms with Crippen molar-refractivity contribution in [3.05, 3.63) is 53.6 Å². The maximum Gasteiger partial charge on any atom is 0.250 e. The molecule has 6 heteroatoms. The van der Waals surface area contributed by atoms with E-state index < -0.39 is 10.0 Å². The molecule has 3 rings (SSSR count). The van der Waals surface area contributed by atoms with Crippen molar-refractivity contribution >= 4 is 32.3 Å². The molecule has 0 atom stereocenters. The van der Waals surface area contributed by atoms with Crippen LogP contribution in [0.25, 0.3) is 11.0 Å². The van der Waals surface area contributed by atoms with E-state index in [0.717, 1.165) is 11.0 Å². The van der Waals surface area contributed by atoms with Gasteiger partial charge in [0, 0.05) is 5.39 Å². The normalized spacial score (nSPS) is 12.0. The van der Waals surface area contributed by atoms with Gasteiger partial charge in [-0.05, 0) is 23.6 Å². The van der Waals surface area contributed by atoms with E-state index in [0.29, 0.717) is 9.97 Å². The molecule has 0 aliphatic rings. The minimum Gasteiger partial charge on any atom is -0.460 e. The van der Waals surface area contributed by atoms with Gasteiger partial charge in [-0.1, -0.05) is 24.3 Å². The van der Waals surface area contributed by atoms with Gasteiger partial charge in [-0.3, -0.25) is 0 Å². The van der Waals surface area contributed by atoms with Crippen LogP contribution in [0.1, 0.15) is 5.76 Å². The summed E-state index contributed by atoms with van der Waals surface area (Å²) >= 11 is 1.19. The quantitative estimate of drug-likeness (QED) is 0.804. The van der Waals surface area contributed by atoms with E-state index in [-0.39, 0.29) is 6.54 Å². The molecule has 0 spiro atoms. The Kier molecular flexibility index (Phi) is 3.14. The van der Waals surface area contributed by atoms with E-state index in [4.69, 9.17) is 4.42 Å². The fourth-order valence-electron chi connectivity index (χ4n) is 1.78. The second-order valence-corrected chi connectivity index (χ2v) is 6.95. The molecule has 0 amide bonds. The van der Waals surface area contributed by atoms with E-state index in [1.807, 2.05) is 30.3 Å². The van der Waals surface area contributed by atoms with Crippen LogP contribution in [0, 0.1) is 0 Å². The van der Waals surface area contributed by atoms with Crippen molar-refractivity contribution in [3.8, 4) is 0 Å². The number of benzene rings is 1. The lowest BCUT2D eigenvalue weighted by Crippen LogP contribution is -2.22. The predicted molar refractivity (Wildman–Crippen MR) is 74.6 cm³/mol. The van der Waals surface area contributed by atoms with Crippen LogP contribution >= 0.6 is 11.3 Å². The molecule has 2 heterocycles. The van der Waals surface area contributed by atoms with Crippen molar-refractivity contribution in [1.82, 2.24) is 4.72 Å². The summed E-state index contributed by atoms with van der Waals surface area (Å²) in [6, 6.07) is 12.7. The van der Waals surface area contributed by atoms with Gasteiger partial charge in [0.1, 0.15) is 15.6 Å². The van der Waals surface area contributed by atoms with Crippen LogP contribution in [0.15, 0.2) is 56.5 Å². The predicted octanol–water partition coefficient (Wildman–Crippen LogP) is 2.97. The minimum absolute atomic E-state index is 0.148. The van der Waals surface area contributed by atoms with Gasteiger partial charge < -0.3 is 4.42 Å². The highest BCUT2D eigenvalue weighted by Gasteiger charge is 2.15. The first-order valence-electron chi connectivity index (χ1n) is 5.66. The summed E-state index contributed by atoms with van der Waals surface area (Å²) in [5.41, 5.74) is 0.757. The lowest BCUT2D eigenvalue weighted by molar-refractivity contribution is 0.530. The SMILES string of the molecule is O=S(=O)(NCc1cc2ccccc2o1)c1cccs1. The molecule has 0 fully saturated rings. The summed E-state index contributed by atoms with van der Waals surface area (Å²) in [6.45, 7) is 0.148. The van der Waals surface area contributed by atoms with Crippen LogP contribution in [0.4, 0.5) is 0 Å². The molecule has 0 radical (unpaired) electrons. The fraction of sp³-hybridized carbons (Fsp3) is 0.0769. The molecule has 1 N–H and O–H groups in total. The van der Waals surface area contributed by atoms with Crippen molar-refractivity contribution in [2.24, 2.45) is 0 Å². The van der Waals surface area contributed by atoms with Crippen molar-refractivity contribution in [1.29, 1.82) is 0 Å². The van der Waals surface area contributed by atoms with Gasteiger partial charge in [-0.15, -0.1) is 11.3 Å². The molecule has 2 aromatic heterocycles. The first kappa shape index (κ1) is 12.4. The number of nitrogens with one attached hydrogen (secondary N) is 1. The summed E-state index contributed by atoms with van der Waals surface area (Å²) in [6.07, 6.45) is 0. The second kappa shape index (κ2) is 4.80. The Hall–Kier alpha value is -1.63. The minimum atomic E-state index is -3.44. The van der Waals surface area contributed by atoms with Crippen molar-refractivity contribution in [3.63, 3.8) is 0 Å². The molecular formula is C13H11NO3S2. The van der Waals surface area contributed by atoms with Crippen molar-refractivity contribution < 1.29 is 12.8 Å².